The summed E-state index contributed by atoms with van der Waals surface area (Å²) in [5.41, 5.74) is 1.28. The quantitative estimate of drug-likeness (QED) is 0.391. The molecule has 0 aliphatic carbocycles. The van der Waals surface area contributed by atoms with Gasteiger partial charge in [0.1, 0.15) is 0 Å². The van der Waals surface area contributed by atoms with Gasteiger partial charge in [0.2, 0.25) is 0 Å². The highest BCUT2D eigenvalue weighted by atomic mass is 35.5. The molecule has 0 atom stereocenters. The summed E-state index contributed by atoms with van der Waals surface area (Å²) >= 11 is 6.06. The Balaban J connectivity index is 1.63. The molecule has 3 aromatic carbocycles. The number of esters is 1. The summed E-state index contributed by atoms with van der Waals surface area (Å²) in [5, 5.41) is 3.33. The van der Waals surface area contributed by atoms with E-state index in [1.807, 2.05) is 0 Å². The van der Waals surface area contributed by atoms with E-state index in [-0.39, 0.29) is 17.1 Å². The Morgan fingerprint density at radius 1 is 0.964 bits per heavy atom. The smallest absolute Gasteiger partial charge is 0.345 e. The fourth-order valence-corrected chi connectivity index (χ4v) is 4.22. The maximum atomic E-state index is 12.5. The zero-order valence-electron chi connectivity index (χ0n) is 14.4. The third kappa shape index (κ3) is 3.48. The van der Waals surface area contributed by atoms with Crippen LogP contribution in [-0.4, -0.2) is 20.9 Å². The molecule has 142 valence electrons. The molecule has 0 amide bonds. The third-order valence-corrected chi connectivity index (χ3v) is 5.81. The lowest BCUT2D eigenvalue weighted by molar-refractivity contribution is 0.0736. The standard InChI is InChI=1S/C20H15ClN2O4S/c21-15-9-3-1-7-13(15)20(24)27-17-11-5-4-10-16(17)22-19-14-8-2-6-12-18(14)28(25,26)23-19/h1-12,25-26H,(H,22,23). The fourth-order valence-electron chi connectivity index (χ4n) is 2.78. The number of rotatable bonds is 3. The van der Waals surface area contributed by atoms with Crippen molar-refractivity contribution in [1.29, 1.82) is 0 Å². The Kier molecular flexibility index (Phi) is 4.82. The van der Waals surface area contributed by atoms with Crippen molar-refractivity contribution in [3.8, 4) is 5.75 Å². The maximum Gasteiger partial charge on any atom is 0.345 e. The number of nitrogens with zero attached hydrogens (tertiary/aromatic N) is 1. The second-order valence-electron chi connectivity index (χ2n) is 5.95. The summed E-state index contributed by atoms with van der Waals surface area (Å²) in [6, 6.07) is 20.3. The highest BCUT2D eigenvalue weighted by molar-refractivity contribution is 8.23. The van der Waals surface area contributed by atoms with Crippen molar-refractivity contribution >= 4 is 39.9 Å². The number of ether oxygens (including phenoxy) is 1. The third-order valence-electron chi connectivity index (χ3n) is 4.09. The monoisotopic (exact) mass is 414 g/mol. The average molecular weight is 415 g/mol. The predicted octanol–water partition coefficient (Wildman–Crippen LogP) is 5.46. The number of nitrogens with one attached hydrogen (secondary N) is 1. The molecule has 1 aliphatic heterocycles. The van der Waals surface area contributed by atoms with E-state index >= 15 is 0 Å². The topological polar surface area (TPSA) is 91.2 Å². The lowest BCUT2D eigenvalue weighted by Gasteiger charge is -2.22. The number of carbonyl (C=O) groups excluding carboxylic acids is 1. The van der Waals surface area contributed by atoms with E-state index in [9.17, 15) is 13.9 Å². The molecule has 0 aromatic heterocycles. The molecule has 6 nitrogen and oxygen atoms in total. The van der Waals surface area contributed by atoms with E-state index < -0.39 is 16.7 Å². The zero-order valence-corrected chi connectivity index (χ0v) is 15.9. The van der Waals surface area contributed by atoms with E-state index in [0.717, 1.165) is 0 Å². The summed E-state index contributed by atoms with van der Waals surface area (Å²) in [6.07, 6.45) is 0. The number of carbonyl (C=O) groups is 1. The molecule has 1 heterocycles. The summed E-state index contributed by atoms with van der Waals surface area (Å²) < 4.78 is 29.9. The molecule has 0 bridgehead atoms. The second-order valence-corrected chi connectivity index (χ2v) is 8.01. The fraction of sp³-hybridized carbons (Fsp3) is 0. The van der Waals surface area contributed by atoms with Gasteiger partial charge in [-0.1, -0.05) is 58.8 Å². The van der Waals surface area contributed by atoms with Crippen LogP contribution in [0.1, 0.15) is 15.9 Å². The molecule has 3 aromatic rings. The molecule has 8 heteroatoms. The van der Waals surface area contributed by atoms with Crippen molar-refractivity contribution in [2.75, 3.05) is 5.32 Å². The molecular weight excluding hydrogens is 400 g/mol. The maximum absolute atomic E-state index is 12.5. The van der Waals surface area contributed by atoms with Crippen LogP contribution < -0.4 is 10.1 Å². The van der Waals surface area contributed by atoms with Crippen molar-refractivity contribution in [3.63, 3.8) is 0 Å². The Hall–Kier alpha value is -2.84. The first-order valence-electron chi connectivity index (χ1n) is 8.26. The Labute approximate surface area is 167 Å². The van der Waals surface area contributed by atoms with Gasteiger partial charge in [0.05, 0.1) is 21.2 Å². The van der Waals surface area contributed by atoms with Gasteiger partial charge in [0.25, 0.3) is 0 Å². The minimum atomic E-state index is -3.26. The van der Waals surface area contributed by atoms with E-state index in [0.29, 0.717) is 21.2 Å². The van der Waals surface area contributed by atoms with Gasteiger partial charge in [-0.2, -0.15) is 0 Å². The number of halogens is 1. The zero-order chi connectivity index (χ0) is 19.7. The molecule has 0 spiro atoms. The van der Waals surface area contributed by atoms with E-state index in [1.54, 1.807) is 72.8 Å². The van der Waals surface area contributed by atoms with Crippen molar-refractivity contribution in [1.82, 2.24) is 0 Å². The second kappa shape index (κ2) is 7.29. The Morgan fingerprint density at radius 3 is 2.46 bits per heavy atom. The molecule has 0 saturated heterocycles. The van der Waals surface area contributed by atoms with Crippen LogP contribution in [0.3, 0.4) is 0 Å². The van der Waals surface area contributed by atoms with E-state index in [1.165, 1.54) is 0 Å². The minimum Gasteiger partial charge on any atom is -0.421 e. The van der Waals surface area contributed by atoms with Crippen LogP contribution in [0.5, 0.6) is 5.75 Å². The van der Waals surface area contributed by atoms with Gasteiger partial charge in [-0.15, -0.1) is 4.40 Å². The van der Waals surface area contributed by atoms with Crippen LogP contribution in [-0.2, 0) is 0 Å². The average Bonchev–Trinajstić information content (AvgIpc) is 2.94. The van der Waals surface area contributed by atoms with Gasteiger partial charge in [-0.25, -0.2) is 4.79 Å². The predicted molar refractivity (Wildman–Crippen MR) is 111 cm³/mol. The SMILES string of the molecule is O=C(Oc1ccccc1NC1=NS(O)(O)c2ccccc21)c1ccccc1Cl. The van der Waals surface area contributed by atoms with Gasteiger partial charge in [0, 0.05) is 5.56 Å². The number of hydrogen-bond donors (Lipinski definition) is 3. The summed E-state index contributed by atoms with van der Waals surface area (Å²) in [6.45, 7) is 0. The lowest BCUT2D eigenvalue weighted by atomic mass is 10.2. The minimum absolute atomic E-state index is 0.247. The van der Waals surface area contributed by atoms with Gasteiger partial charge in [-0.3, -0.25) is 9.11 Å². The Morgan fingerprint density at radius 2 is 1.64 bits per heavy atom. The van der Waals surface area contributed by atoms with E-state index in [4.69, 9.17) is 16.3 Å². The molecule has 28 heavy (non-hydrogen) atoms. The van der Waals surface area contributed by atoms with Gasteiger partial charge in [0.15, 0.2) is 11.6 Å². The van der Waals surface area contributed by atoms with Crippen molar-refractivity contribution in [3.05, 3.63) is 88.9 Å². The van der Waals surface area contributed by atoms with Gasteiger partial charge >= 0.3 is 5.97 Å². The highest BCUT2D eigenvalue weighted by Gasteiger charge is 2.29. The Bertz CT molecular complexity index is 1100. The van der Waals surface area contributed by atoms with Crippen LogP contribution in [0, 0.1) is 0 Å². The number of para-hydroxylation sites is 2. The summed E-state index contributed by atoms with van der Waals surface area (Å²) in [5.74, 6) is -0.0503. The van der Waals surface area contributed by atoms with Gasteiger partial charge in [-0.05, 0) is 36.4 Å². The molecule has 3 N–H and O–H groups in total. The molecule has 0 saturated carbocycles. The van der Waals surface area contributed by atoms with Gasteiger partial charge < -0.3 is 10.1 Å². The van der Waals surface area contributed by atoms with Crippen LogP contribution in [0.2, 0.25) is 5.02 Å². The highest BCUT2D eigenvalue weighted by Crippen LogP contribution is 2.55. The molecule has 4 rings (SSSR count). The molecular formula is C20H15ClN2O4S. The first-order valence-corrected chi connectivity index (χ1v) is 10.1. The molecule has 0 radical (unpaired) electrons. The number of benzene rings is 3. The summed E-state index contributed by atoms with van der Waals surface area (Å²) in [7, 11) is -3.26. The molecule has 1 aliphatic rings. The molecule has 0 fully saturated rings. The number of amidine groups is 1. The van der Waals surface area contributed by atoms with Crippen molar-refractivity contribution < 1.29 is 18.6 Å². The lowest BCUT2D eigenvalue weighted by Crippen LogP contribution is -2.14. The van der Waals surface area contributed by atoms with Crippen molar-refractivity contribution in [2.45, 2.75) is 4.90 Å². The van der Waals surface area contributed by atoms with Crippen LogP contribution in [0.25, 0.3) is 0 Å². The van der Waals surface area contributed by atoms with Crippen LogP contribution >= 0.6 is 22.4 Å². The first-order chi connectivity index (χ1) is 13.5. The first kappa shape index (κ1) is 18.5. The summed E-state index contributed by atoms with van der Waals surface area (Å²) in [4.78, 5) is 12.8. The van der Waals surface area contributed by atoms with Crippen LogP contribution in [0.15, 0.2) is 82.1 Å². The molecule has 0 unspecified atom stereocenters. The number of fused-ring (bicyclic) bond motifs is 1. The largest absolute Gasteiger partial charge is 0.421 e. The van der Waals surface area contributed by atoms with Crippen LogP contribution in [0.4, 0.5) is 5.69 Å². The normalized spacial score (nSPS) is 15.3. The van der Waals surface area contributed by atoms with E-state index in [2.05, 4.69) is 9.71 Å². The number of anilines is 1. The van der Waals surface area contributed by atoms with Crippen molar-refractivity contribution in [2.24, 2.45) is 4.40 Å². The number of hydrogen-bond acceptors (Lipinski definition) is 6.